The van der Waals surface area contributed by atoms with Gasteiger partial charge in [0.1, 0.15) is 5.60 Å². The maximum atomic E-state index is 12.4. The first-order valence-corrected chi connectivity index (χ1v) is 12.7. The van der Waals surface area contributed by atoms with Gasteiger partial charge in [-0.15, -0.1) is 0 Å². The van der Waals surface area contributed by atoms with E-state index in [0.717, 1.165) is 26.4 Å². The number of amides is 3. The molecule has 0 bridgehead atoms. The molecular weight excluding hydrogens is 468 g/mol. The SMILES string of the molecule is CCCCC(=O)C(N)(CNC(=O)CCNC(=O)CCC1CCN(C(=O)OC(C)(C)C)CC1)C(=O)OC. The summed E-state index contributed by atoms with van der Waals surface area (Å²) in [5, 5.41) is 5.21. The minimum absolute atomic E-state index is 0.0135. The van der Waals surface area contributed by atoms with Crippen LogP contribution in [0.1, 0.15) is 79.1 Å². The standard InChI is InChI=1S/C25H44N4O7/c1-6-7-8-19(30)25(26,22(33)35-5)17-28-21(32)11-14-27-20(31)10-9-18-12-15-29(16-13-18)23(34)36-24(2,3)4/h18H,6-17,26H2,1-5H3,(H,27,31)(H,28,32). The summed E-state index contributed by atoms with van der Waals surface area (Å²) in [7, 11) is 1.14. The lowest BCUT2D eigenvalue weighted by Crippen LogP contribution is -2.62. The maximum absolute atomic E-state index is 12.4. The fourth-order valence-corrected chi connectivity index (χ4v) is 3.82. The Morgan fingerprint density at radius 1 is 0.972 bits per heavy atom. The zero-order valence-corrected chi connectivity index (χ0v) is 22.4. The molecule has 0 aromatic rings. The molecular formula is C25H44N4O7. The fraction of sp³-hybridized carbons (Fsp3) is 0.800. The molecule has 0 spiro atoms. The van der Waals surface area contributed by atoms with E-state index in [2.05, 4.69) is 15.4 Å². The third-order valence-corrected chi connectivity index (χ3v) is 6.09. The molecule has 11 heteroatoms. The van der Waals surface area contributed by atoms with Crippen LogP contribution in [0.25, 0.3) is 0 Å². The van der Waals surface area contributed by atoms with E-state index < -0.39 is 28.8 Å². The van der Waals surface area contributed by atoms with Gasteiger partial charge < -0.3 is 30.7 Å². The van der Waals surface area contributed by atoms with Gasteiger partial charge in [-0.1, -0.05) is 13.3 Å². The molecule has 0 aromatic heterocycles. The summed E-state index contributed by atoms with van der Waals surface area (Å²) in [4.78, 5) is 62.6. The zero-order valence-electron chi connectivity index (χ0n) is 22.4. The molecule has 36 heavy (non-hydrogen) atoms. The molecule has 4 N–H and O–H groups in total. The first-order valence-electron chi connectivity index (χ1n) is 12.7. The minimum Gasteiger partial charge on any atom is -0.467 e. The van der Waals surface area contributed by atoms with Crippen molar-refractivity contribution in [1.29, 1.82) is 0 Å². The number of likely N-dealkylation sites (tertiary alicyclic amines) is 1. The van der Waals surface area contributed by atoms with Gasteiger partial charge in [-0.05, 0) is 52.4 Å². The Kier molecular flexibility index (Phi) is 12.9. The molecule has 1 fully saturated rings. The summed E-state index contributed by atoms with van der Waals surface area (Å²) < 4.78 is 10.1. The van der Waals surface area contributed by atoms with Crippen LogP contribution in [0.15, 0.2) is 0 Å². The highest BCUT2D eigenvalue weighted by Crippen LogP contribution is 2.23. The number of carbonyl (C=O) groups excluding carboxylic acids is 5. The van der Waals surface area contributed by atoms with E-state index in [4.69, 9.17) is 10.5 Å². The van der Waals surface area contributed by atoms with Gasteiger partial charge in [0.05, 0.1) is 13.7 Å². The summed E-state index contributed by atoms with van der Waals surface area (Å²) in [6.45, 7) is 8.40. The van der Waals surface area contributed by atoms with E-state index in [-0.39, 0.29) is 37.9 Å². The molecule has 206 valence electrons. The van der Waals surface area contributed by atoms with E-state index >= 15 is 0 Å². The molecule has 1 aliphatic heterocycles. The van der Waals surface area contributed by atoms with Crippen molar-refractivity contribution < 1.29 is 33.4 Å². The third-order valence-electron chi connectivity index (χ3n) is 6.09. The van der Waals surface area contributed by atoms with Crippen LogP contribution in [-0.4, -0.2) is 79.0 Å². The van der Waals surface area contributed by atoms with Crippen LogP contribution in [0.5, 0.6) is 0 Å². The van der Waals surface area contributed by atoms with E-state index in [1.54, 1.807) is 4.90 Å². The Bertz CT molecular complexity index is 773. The smallest absolute Gasteiger partial charge is 0.410 e. The lowest BCUT2D eigenvalue weighted by atomic mass is 9.91. The Hall–Kier alpha value is -2.69. The van der Waals surface area contributed by atoms with Gasteiger partial charge in [0.15, 0.2) is 11.3 Å². The number of unbranched alkanes of at least 4 members (excludes halogenated alkanes) is 1. The number of esters is 1. The average Bonchev–Trinajstić information content (AvgIpc) is 2.83. The molecule has 3 amide bonds. The van der Waals surface area contributed by atoms with E-state index in [9.17, 15) is 24.0 Å². The number of Topliss-reactive ketones (excluding diaryl/α,β-unsaturated/α-hetero) is 1. The van der Waals surface area contributed by atoms with Gasteiger partial charge in [0, 0.05) is 38.9 Å². The molecule has 0 saturated carbocycles. The Morgan fingerprint density at radius 2 is 1.58 bits per heavy atom. The maximum Gasteiger partial charge on any atom is 0.410 e. The quantitative estimate of drug-likeness (QED) is 0.248. The Balaban J connectivity index is 2.31. The highest BCUT2D eigenvalue weighted by Gasteiger charge is 2.42. The summed E-state index contributed by atoms with van der Waals surface area (Å²) in [5.41, 5.74) is 3.53. The second-order valence-corrected chi connectivity index (χ2v) is 10.3. The number of rotatable bonds is 13. The van der Waals surface area contributed by atoms with E-state index in [1.807, 2.05) is 27.7 Å². The van der Waals surface area contributed by atoms with Gasteiger partial charge in [0.25, 0.3) is 0 Å². The first-order chi connectivity index (χ1) is 16.8. The Labute approximate surface area is 214 Å². The molecule has 1 unspecified atom stereocenters. The van der Waals surface area contributed by atoms with Crippen LogP contribution >= 0.6 is 0 Å². The number of ketones is 1. The summed E-state index contributed by atoms with van der Waals surface area (Å²) in [6.07, 6.45) is 3.81. The highest BCUT2D eigenvalue weighted by atomic mass is 16.6. The van der Waals surface area contributed by atoms with Crippen LogP contribution in [0.3, 0.4) is 0 Å². The van der Waals surface area contributed by atoms with Crippen LogP contribution in [0, 0.1) is 5.92 Å². The molecule has 1 atom stereocenters. The second kappa shape index (κ2) is 14.8. The second-order valence-electron chi connectivity index (χ2n) is 10.3. The summed E-state index contributed by atoms with van der Waals surface area (Å²) >= 11 is 0. The van der Waals surface area contributed by atoms with Crippen molar-refractivity contribution in [3.05, 3.63) is 0 Å². The van der Waals surface area contributed by atoms with Crippen molar-refractivity contribution in [3.8, 4) is 0 Å². The predicted molar refractivity (Wildman–Crippen MR) is 134 cm³/mol. The van der Waals surface area contributed by atoms with Crippen molar-refractivity contribution in [2.45, 2.75) is 90.2 Å². The largest absolute Gasteiger partial charge is 0.467 e. The van der Waals surface area contributed by atoms with Crippen LogP contribution in [0.4, 0.5) is 4.79 Å². The summed E-state index contributed by atoms with van der Waals surface area (Å²) in [5.74, 6) is -1.63. The summed E-state index contributed by atoms with van der Waals surface area (Å²) in [6, 6.07) is 0. The normalized spacial score (nSPS) is 16.0. The van der Waals surface area contributed by atoms with Crippen molar-refractivity contribution in [2.75, 3.05) is 33.3 Å². The lowest BCUT2D eigenvalue weighted by Gasteiger charge is -2.33. The van der Waals surface area contributed by atoms with E-state index in [1.165, 1.54) is 0 Å². The molecule has 0 aromatic carbocycles. The van der Waals surface area contributed by atoms with Gasteiger partial charge in [0.2, 0.25) is 11.8 Å². The van der Waals surface area contributed by atoms with Gasteiger partial charge in [-0.2, -0.15) is 0 Å². The van der Waals surface area contributed by atoms with Crippen molar-refractivity contribution in [3.63, 3.8) is 0 Å². The number of nitrogens with one attached hydrogen (secondary N) is 2. The minimum atomic E-state index is -1.93. The van der Waals surface area contributed by atoms with Gasteiger partial charge >= 0.3 is 12.1 Å². The molecule has 1 heterocycles. The topological polar surface area (TPSA) is 157 Å². The molecule has 1 rings (SSSR count). The van der Waals surface area contributed by atoms with Crippen LogP contribution in [-0.2, 0) is 28.7 Å². The predicted octanol–water partition coefficient (Wildman–Crippen LogP) is 1.67. The van der Waals surface area contributed by atoms with Crippen LogP contribution in [0.2, 0.25) is 0 Å². The number of piperidine rings is 1. The number of carbonyl (C=O) groups is 5. The molecule has 1 aliphatic rings. The number of nitrogens with two attached hydrogens (primary N) is 1. The van der Waals surface area contributed by atoms with Gasteiger partial charge in [-0.25, -0.2) is 9.59 Å². The molecule has 0 radical (unpaired) electrons. The number of nitrogens with zero attached hydrogens (tertiary/aromatic N) is 1. The number of hydrogen-bond donors (Lipinski definition) is 3. The van der Waals surface area contributed by atoms with Crippen LogP contribution < -0.4 is 16.4 Å². The van der Waals surface area contributed by atoms with Crippen molar-refractivity contribution >= 4 is 29.7 Å². The number of ether oxygens (including phenoxy) is 2. The lowest BCUT2D eigenvalue weighted by molar-refractivity contribution is -0.151. The third kappa shape index (κ3) is 10.9. The van der Waals surface area contributed by atoms with Crippen molar-refractivity contribution in [1.82, 2.24) is 15.5 Å². The highest BCUT2D eigenvalue weighted by molar-refractivity contribution is 6.08. The Morgan fingerprint density at radius 3 is 2.14 bits per heavy atom. The first kappa shape index (κ1) is 31.3. The molecule has 0 aliphatic carbocycles. The fourth-order valence-electron chi connectivity index (χ4n) is 3.82. The molecule has 1 saturated heterocycles. The monoisotopic (exact) mass is 512 g/mol. The average molecular weight is 513 g/mol. The molecule has 11 nitrogen and oxygen atoms in total. The van der Waals surface area contributed by atoms with Gasteiger partial charge in [-0.3, -0.25) is 14.4 Å². The number of hydrogen-bond acceptors (Lipinski definition) is 8. The van der Waals surface area contributed by atoms with Crippen molar-refractivity contribution in [2.24, 2.45) is 11.7 Å². The number of methoxy groups -OCH3 is 1. The van der Waals surface area contributed by atoms with E-state index in [0.29, 0.717) is 38.3 Å². The zero-order chi connectivity index (χ0) is 27.4.